The second-order valence-electron chi connectivity index (χ2n) is 3.68. The molecule has 0 aliphatic heterocycles. The summed E-state index contributed by atoms with van der Waals surface area (Å²) < 4.78 is 5.20. The average molecular weight is 168 g/mol. The Hall–Kier alpha value is -0.725. The molecule has 0 saturated carbocycles. The zero-order valence-electron chi connectivity index (χ0n) is 8.44. The molecular weight excluding hydrogens is 151 g/mol. The van der Waals surface area contributed by atoms with Crippen LogP contribution < -0.4 is 0 Å². The summed E-state index contributed by atoms with van der Waals surface area (Å²) >= 11 is 0. The van der Waals surface area contributed by atoms with Crippen LogP contribution in [0.5, 0.6) is 0 Å². The number of carbonyl (C=O) groups is 1. The molecule has 0 N–H and O–H groups in total. The number of esters is 1. The second kappa shape index (κ2) is 4.34. The van der Waals surface area contributed by atoms with Crippen molar-refractivity contribution in [2.45, 2.75) is 39.5 Å². The van der Waals surface area contributed by atoms with Crippen LogP contribution in [0.25, 0.3) is 0 Å². The summed E-state index contributed by atoms with van der Waals surface area (Å²) in [6.07, 6.45) is 0.881. The maximum absolute atomic E-state index is 11.1. The van der Waals surface area contributed by atoms with Gasteiger partial charge in [0, 0.05) is 5.57 Å². The Morgan fingerprint density at radius 2 is 2.08 bits per heavy atom. The molecule has 0 fully saturated rings. The number of rotatable bonds is 4. The van der Waals surface area contributed by atoms with Crippen LogP contribution in [-0.4, -0.2) is 18.8 Å². The monoisotopic (exact) mass is 168 g/mol. The first kappa shape index (κ1) is 11.3. The molecule has 2 nitrogen and oxygen atoms in total. The molecule has 3 heteroatoms. The van der Waals surface area contributed by atoms with Crippen molar-refractivity contribution >= 4 is 13.2 Å². The topological polar surface area (TPSA) is 26.3 Å². The van der Waals surface area contributed by atoms with Crippen molar-refractivity contribution in [1.82, 2.24) is 0 Å². The van der Waals surface area contributed by atoms with Gasteiger partial charge in [-0.15, -0.1) is 0 Å². The van der Waals surface area contributed by atoms with E-state index in [1.165, 1.54) is 0 Å². The molecule has 0 aromatic heterocycles. The molecule has 12 heavy (non-hydrogen) atoms. The summed E-state index contributed by atoms with van der Waals surface area (Å²) in [5.74, 6) is -0.298. The minimum atomic E-state index is -0.356. The van der Waals surface area contributed by atoms with Crippen LogP contribution in [0.3, 0.4) is 0 Å². The highest BCUT2D eigenvalue weighted by Gasteiger charge is 2.21. The molecule has 0 aliphatic carbocycles. The molecule has 0 bridgehead atoms. The lowest BCUT2D eigenvalue weighted by Gasteiger charge is -2.24. The lowest BCUT2D eigenvalue weighted by Crippen LogP contribution is -2.28. The van der Waals surface area contributed by atoms with Gasteiger partial charge in [-0.2, -0.15) is 0 Å². The Balaban J connectivity index is 4.05. The van der Waals surface area contributed by atoms with Gasteiger partial charge < -0.3 is 4.74 Å². The zero-order valence-corrected chi connectivity index (χ0v) is 8.44. The summed E-state index contributed by atoms with van der Waals surface area (Å²) in [6.45, 7) is 11.1. The van der Waals surface area contributed by atoms with E-state index >= 15 is 0 Å². The fourth-order valence-electron chi connectivity index (χ4n) is 0.991. The molecule has 0 radical (unpaired) electrons. The van der Waals surface area contributed by atoms with E-state index in [2.05, 4.69) is 13.4 Å². The van der Waals surface area contributed by atoms with Crippen molar-refractivity contribution in [3.05, 3.63) is 12.2 Å². The Morgan fingerprint density at radius 3 is 2.42 bits per heavy atom. The number of hydrogen-bond donors (Lipinski definition) is 0. The van der Waals surface area contributed by atoms with Gasteiger partial charge in [0.25, 0.3) is 0 Å². The van der Waals surface area contributed by atoms with Crippen molar-refractivity contribution in [2.24, 2.45) is 0 Å². The molecule has 0 heterocycles. The van der Waals surface area contributed by atoms with Gasteiger partial charge in [0.15, 0.2) is 0 Å². The minimum absolute atomic E-state index is 0.298. The van der Waals surface area contributed by atoms with E-state index in [0.29, 0.717) is 5.57 Å². The van der Waals surface area contributed by atoms with Crippen LogP contribution in [0.2, 0.25) is 13.1 Å². The second-order valence-corrected chi connectivity index (χ2v) is 3.68. The normalized spacial score (nSPS) is 10.7. The van der Waals surface area contributed by atoms with E-state index < -0.39 is 0 Å². The fraction of sp³-hybridized carbons (Fsp3) is 0.667. The SMILES string of the molecule is C=C(C)C(=O)OC(C)(C)CBC. The lowest BCUT2D eigenvalue weighted by molar-refractivity contribution is -0.149. The summed E-state index contributed by atoms with van der Waals surface area (Å²) in [4.78, 5) is 11.1. The third kappa shape index (κ3) is 4.22. The van der Waals surface area contributed by atoms with Crippen molar-refractivity contribution in [1.29, 1.82) is 0 Å². The Kier molecular flexibility index (Phi) is 4.08. The first-order valence-corrected chi connectivity index (χ1v) is 4.28. The van der Waals surface area contributed by atoms with Crippen LogP contribution in [0, 0.1) is 0 Å². The van der Waals surface area contributed by atoms with Gasteiger partial charge in [-0.25, -0.2) is 4.79 Å². The zero-order chi connectivity index (χ0) is 9.78. The lowest BCUT2D eigenvalue weighted by atomic mass is 9.71. The molecule has 68 valence electrons. The molecule has 0 aromatic rings. The van der Waals surface area contributed by atoms with E-state index in [1.807, 2.05) is 13.8 Å². The largest absolute Gasteiger partial charge is 0.457 e. The molecule has 0 rings (SSSR count). The van der Waals surface area contributed by atoms with E-state index in [1.54, 1.807) is 6.92 Å². The molecule has 0 aromatic carbocycles. The smallest absolute Gasteiger partial charge is 0.333 e. The molecule has 0 amide bonds. The van der Waals surface area contributed by atoms with E-state index in [4.69, 9.17) is 4.74 Å². The van der Waals surface area contributed by atoms with Gasteiger partial charge in [0.1, 0.15) is 12.9 Å². The third-order valence-corrected chi connectivity index (χ3v) is 1.57. The van der Waals surface area contributed by atoms with Gasteiger partial charge in [-0.05, 0) is 27.1 Å². The van der Waals surface area contributed by atoms with Gasteiger partial charge >= 0.3 is 5.97 Å². The summed E-state index contributed by atoms with van der Waals surface area (Å²) in [7, 11) is 1.01. The van der Waals surface area contributed by atoms with E-state index in [0.717, 1.165) is 13.6 Å². The minimum Gasteiger partial charge on any atom is -0.457 e. The number of ether oxygens (including phenoxy) is 1. The quantitative estimate of drug-likeness (QED) is 0.363. The van der Waals surface area contributed by atoms with Crippen LogP contribution >= 0.6 is 0 Å². The highest BCUT2D eigenvalue weighted by atomic mass is 16.6. The Labute approximate surface area is 75.2 Å². The average Bonchev–Trinajstić information content (AvgIpc) is 1.85. The van der Waals surface area contributed by atoms with Crippen LogP contribution in [-0.2, 0) is 9.53 Å². The van der Waals surface area contributed by atoms with Gasteiger partial charge in [-0.1, -0.05) is 13.4 Å². The van der Waals surface area contributed by atoms with E-state index in [9.17, 15) is 4.79 Å². The van der Waals surface area contributed by atoms with Gasteiger partial charge in [0.2, 0.25) is 0 Å². The van der Waals surface area contributed by atoms with Crippen LogP contribution in [0.15, 0.2) is 12.2 Å². The van der Waals surface area contributed by atoms with Crippen LogP contribution in [0.1, 0.15) is 20.8 Å². The fourth-order valence-corrected chi connectivity index (χ4v) is 0.991. The van der Waals surface area contributed by atoms with Crippen LogP contribution in [0.4, 0.5) is 0 Å². The maximum atomic E-state index is 11.1. The van der Waals surface area contributed by atoms with E-state index in [-0.39, 0.29) is 11.6 Å². The van der Waals surface area contributed by atoms with Crippen molar-refractivity contribution < 1.29 is 9.53 Å². The van der Waals surface area contributed by atoms with Gasteiger partial charge in [0.05, 0.1) is 0 Å². The maximum Gasteiger partial charge on any atom is 0.333 e. The van der Waals surface area contributed by atoms with Crippen molar-refractivity contribution in [2.75, 3.05) is 0 Å². The molecule has 0 spiro atoms. The van der Waals surface area contributed by atoms with Crippen molar-refractivity contribution in [3.8, 4) is 0 Å². The molecule has 0 saturated heterocycles. The van der Waals surface area contributed by atoms with Crippen molar-refractivity contribution in [3.63, 3.8) is 0 Å². The highest BCUT2D eigenvalue weighted by Crippen LogP contribution is 2.16. The molecular formula is C9H17BO2. The highest BCUT2D eigenvalue weighted by molar-refractivity contribution is 6.33. The standard InChI is InChI=1S/C9H17BO2/c1-7(2)8(11)12-9(3,4)6-10-5/h10H,1,6H2,2-5H3. The Morgan fingerprint density at radius 1 is 1.58 bits per heavy atom. The molecule has 0 unspecified atom stereocenters. The Bertz CT molecular complexity index is 185. The summed E-state index contributed by atoms with van der Waals surface area (Å²) in [6, 6.07) is 0. The summed E-state index contributed by atoms with van der Waals surface area (Å²) in [5.41, 5.74) is 0.101. The molecule has 0 atom stereocenters. The first-order chi connectivity index (χ1) is 5.39. The summed E-state index contributed by atoms with van der Waals surface area (Å²) in [5, 5.41) is 0. The predicted molar refractivity (Wildman–Crippen MR) is 52.8 cm³/mol. The number of carbonyl (C=O) groups excluding carboxylic acids is 1. The third-order valence-electron chi connectivity index (χ3n) is 1.57. The van der Waals surface area contributed by atoms with Gasteiger partial charge in [-0.3, -0.25) is 0 Å². The first-order valence-electron chi connectivity index (χ1n) is 4.28. The predicted octanol–water partition coefficient (Wildman–Crippen LogP) is 1.79. The molecule has 0 aliphatic rings. The number of hydrogen-bond acceptors (Lipinski definition) is 2.